The lowest BCUT2D eigenvalue weighted by Crippen LogP contribution is -2.02. The van der Waals surface area contributed by atoms with E-state index in [1.165, 1.54) is 11.1 Å². The van der Waals surface area contributed by atoms with Crippen molar-refractivity contribution in [1.29, 1.82) is 0 Å². The minimum atomic E-state index is 0.932. The molecule has 0 aliphatic carbocycles. The molecule has 0 saturated heterocycles. The van der Waals surface area contributed by atoms with Crippen LogP contribution in [0.2, 0.25) is 0 Å². The van der Waals surface area contributed by atoms with E-state index < -0.39 is 0 Å². The van der Waals surface area contributed by atoms with E-state index in [1.807, 2.05) is 0 Å². The van der Waals surface area contributed by atoms with Crippen LogP contribution in [0.3, 0.4) is 0 Å². The van der Waals surface area contributed by atoms with Gasteiger partial charge in [-0.25, -0.2) is 0 Å². The van der Waals surface area contributed by atoms with Crippen LogP contribution in [0.5, 0.6) is 0 Å². The lowest BCUT2D eigenvalue weighted by atomic mass is 10.0. The van der Waals surface area contributed by atoms with E-state index in [9.17, 15) is 0 Å². The van der Waals surface area contributed by atoms with Gasteiger partial charge in [-0.2, -0.15) is 0 Å². The van der Waals surface area contributed by atoms with Gasteiger partial charge < -0.3 is 0 Å². The largest absolute Gasteiger partial charge is 0.284 e. The van der Waals surface area contributed by atoms with E-state index in [0.717, 1.165) is 25.1 Å². The fourth-order valence-electron chi connectivity index (χ4n) is 1.61. The summed E-state index contributed by atoms with van der Waals surface area (Å²) in [6.07, 6.45) is 6.49. The summed E-state index contributed by atoms with van der Waals surface area (Å²) < 4.78 is 0. The molecule has 0 radical (unpaired) electrons. The minimum absolute atomic E-state index is 0.932. The molecule has 0 unspecified atom stereocenters. The van der Waals surface area contributed by atoms with Crippen molar-refractivity contribution in [3.63, 3.8) is 0 Å². The van der Waals surface area contributed by atoms with Crippen LogP contribution in [-0.2, 0) is 6.42 Å². The lowest BCUT2D eigenvalue weighted by Gasteiger charge is -2.06. The number of allylic oxidation sites excluding steroid dienone is 1. The van der Waals surface area contributed by atoms with Crippen LogP contribution in [-0.4, -0.2) is 12.3 Å². The van der Waals surface area contributed by atoms with E-state index in [1.54, 1.807) is 0 Å². The number of nitrogens with zero attached hydrogens (tertiary/aromatic N) is 1. The average molecular weight is 185 g/mol. The van der Waals surface area contributed by atoms with Crippen LogP contribution in [0, 0.1) is 0 Å². The maximum Gasteiger partial charge on any atom is 0.0643 e. The molecule has 0 spiro atoms. The fraction of sp³-hybridized carbons (Fsp3) is 0.308. The van der Waals surface area contributed by atoms with E-state index >= 15 is 0 Å². The summed E-state index contributed by atoms with van der Waals surface area (Å²) in [4.78, 5) is 4.49. The first kappa shape index (κ1) is 9.20. The molecule has 0 fully saturated rings. The molecular formula is C13H15N. The van der Waals surface area contributed by atoms with Gasteiger partial charge in [0.1, 0.15) is 0 Å². The Bertz CT molecular complexity index is 357. The van der Waals surface area contributed by atoms with Gasteiger partial charge in [-0.05, 0) is 30.0 Å². The lowest BCUT2D eigenvalue weighted by molar-refractivity contribution is 0.994. The number of benzene rings is 1. The molecule has 2 rings (SSSR count). The molecule has 1 aromatic carbocycles. The quantitative estimate of drug-likeness (QED) is 0.671. The second-order valence-electron chi connectivity index (χ2n) is 3.51. The van der Waals surface area contributed by atoms with Gasteiger partial charge in [-0.15, -0.1) is 0 Å². The molecular weight excluding hydrogens is 170 g/mol. The van der Waals surface area contributed by atoms with Crippen LogP contribution in [0.25, 0.3) is 0 Å². The monoisotopic (exact) mass is 185 g/mol. The number of aryl methyl sites for hydroxylation is 1. The van der Waals surface area contributed by atoms with Gasteiger partial charge in [0.15, 0.2) is 0 Å². The number of aliphatic imine (C=N–C) groups is 1. The molecule has 0 amide bonds. The van der Waals surface area contributed by atoms with Crippen LogP contribution in [0.1, 0.15) is 24.5 Å². The third-order valence-electron chi connectivity index (χ3n) is 2.51. The second kappa shape index (κ2) is 4.23. The molecule has 1 aliphatic heterocycles. The number of hydrogen-bond donors (Lipinski definition) is 0. The molecule has 0 N–H and O–H groups in total. The van der Waals surface area contributed by atoms with E-state index in [-0.39, 0.29) is 0 Å². The molecule has 1 heteroatoms. The summed E-state index contributed by atoms with van der Waals surface area (Å²) in [5.74, 6) is 0. The number of rotatable bonds is 2. The topological polar surface area (TPSA) is 12.4 Å². The summed E-state index contributed by atoms with van der Waals surface area (Å²) in [6, 6.07) is 8.68. The van der Waals surface area contributed by atoms with Crippen molar-refractivity contribution in [2.24, 2.45) is 4.99 Å². The number of dihydropyridines is 1. The Balaban J connectivity index is 2.24. The highest BCUT2D eigenvalue weighted by atomic mass is 14.7. The Hall–Kier alpha value is -1.37. The SMILES string of the molecule is CCc1ccc(C2=NCCC=C2)cc1. The van der Waals surface area contributed by atoms with Gasteiger partial charge in [0.05, 0.1) is 5.71 Å². The maximum atomic E-state index is 4.49. The molecule has 1 aliphatic rings. The predicted molar refractivity (Wildman–Crippen MR) is 61.0 cm³/mol. The minimum Gasteiger partial charge on any atom is -0.284 e. The summed E-state index contributed by atoms with van der Waals surface area (Å²) in [5.41, 5.74) is 3.74. The molecule has 1 aromatic rings. The third kappa shape index (κ3) is 1.92. The standard InChI is InChI=1S/C13H15N/c1-2-11-6-8-12(9-7-11)13-5-3-4-10-14-13/h3,5-9H,2,4,10H2,1H3. The average Bonchev–Trinajstić information content (AvgIpc) is 2.30. The van der Waals surface area contributed by atoms with Crippen molar-refractivity contribution in [3.05, 3.63) is 47.5 Å². The van der Waals surface area contributed by atoms with Gasteiger partial charge in [0, 0.05) is 6.54 Å². The first-order valence-electron chi connectivity index (χ1n) is 5.20. The summed E-state index contributed by atoms with van der Waals surface area (Å²) >= 11 is 0. The van der Waals surface area contributed by atoms with Gasteiger partial charge >= 0.3 is 0 Å². The van der Waals surface area contributed by atoms with Gasteiger partial charge in [-0.3, -0.25) is 4.99 Å². The van der Waals surface area contributed by atoms with Crippen LogP contribution in [0.4, 0.5) is 0 Å². The van der Waals surface area contributed by atoms with Crippen LogP contribution < -0.4 is 0 Å². The molecule has 1 heterocycles. The van der Waals surface area contributed by atoms with Crippen LogP contribution in [0.15, 0.2) is 41.4 Å². The van der Waals surface area contributed by atoms with E-state index in [0.29, 0.717) is 0 Å². The van der Waals surface area contributed by atoms with Crippen molar-refractivity contribution in [1.82, 2.24) is 0 Å². The molecule has 0 atom stereocenters. The highest BCUT2D eigenvalue weighted by Gasteiger charge is 2.01. The smallest absolute Gasteiger partial charge is 0.0643 e. The molecule has 0 aromatic heterocycles. The summed E-state index contributed by atoms with van der Waals surface area (Å²) in [6.45, 7) is 3.11. The highest BCUT2D eigenvalue weighted by Crippen LogP contribution is 2.09. The molecule has 0 saturated carbocycles. The third-order valence-corrected chi connectivity index (χ3v) is 2.51. The van der Waals surface area contributed by atoms with Crippen molar-refractivity contribution in [2.45, 2.75) is 19.8 Å². The molecule has 0 bridgehead atoms. The van der Waals surface area contributed by atoms with Crippen molar-refractivity contribution in [3.8, 4) is 0 Å². The fourth-order valence-corrected chi connectivity index (χ4v) is 1.61. The van der Waals surface area contributed by atoms with Crippen molar-refractivity contribution in [2.75, 3.05) is 6.54 Å². The van der Waals surface area contributed by atoms with E-state index in [4.69, 9.17) is 0 Å². The zero-order valence-corrected chi connectivity index (χ0v) is 8.53. The summed E-state index contributed by atoms with van der Waals surface area (Å²) in [7, 11) is 0. The Morgan fingerprint density at radius 2 is 2.00 bits per heavy atom. The van der Waals surface area contributed by atoms with Gasteiger partial charge in [0.25, 0.3) is 0 Å². The Morgan fingerprint density at radius 3 is 2.57 bits per heavy atom. The maximum absolute atomic E-state index is 4.49. The molecule has 1 nitrogen and oxygen atoms in total. The van der Waals surface area contributed by atoms with E-state index in [2.05, 4.69) is 48.3 Å². The van der Waals surface area contributed by atoms with Crippen molar-refractivity contribution < 1.29 is 0 Å². The first-order chi connectivity index (χ1) is 6.90. The summed E-state index contributed by atoms with van der Waals surface area (Å²) in [5, 5.41) is 0. The molecule has 14 heavy (non-hydrogen) atoms. The van der Waals surface area contributed by atoms with Gasteiger partial charge in [-0.1, -0.05) is 37.3 Å². The van der Waals surface area contributed by atoms with Crippen LogP contribution >= 0.6 is 0 Å². The Morgan fingerprint density at radius 1 is 1.21 bits per heavy atom. The molecule has 72 valence electrons. The number of hydrogen-bond acceptors (Lipinski definition) is 1. The zero-order chi connectivity index (χ0) is 9.80. The normalized spacial score (nSPS) is 15.4. The first-order valence-corrected chi connectivity index (χ1v) is 5.20. The van der Waals surface area contributed by atoms with Crippen molar-refractivity contribution >= 4 is 5.71 Å². The second-order valence-corrected chi connectivity index (χ2v) is 3.51. The Kier molecular flexibility index (Phi) is 2.78. The van der Waals surface area contributed by atoms with Gasteiger partial charge in [0.2, 0.25) is 0 Å². The Labute approximate surface area is 85.2 Å². The highest BCUT2D eigenvalue weighted by molar-refractivity contribution is 6.09. The zero-order valence-electron chi connectivity index (χ0n) is 8.53. The predicted octanol–water partition coefficient (Wildman–Crippen LogP) is 3.00.